The number of aryl methyl sites for hydroxylation is 1. The Balaban J connectivity index is 1.47. The zero-order chi connectivity index (χ0) is 27.7. The molecular formula is C28H21ClFN3O4S2. The number of fused-ring (bicyclic) bond motifs is 1. The van der Waals surface area contributed by atoms with Crippen LogP contribution < -0.4 is 10.9 Å². The summed E-state index contributed by atoms with van der Waals surface area (Å²) in [6.07, 6.45) is 1.33. The molecular weight excluding hydrogens is 561 g/mol. The number of thiophene rings is 2. The molecule has 3 heterocycles. The van der Waals surface area contributed by atoms with Gasteiger partial charge in [-0.05, 0) is 49.2 Å². The summed E-state index contributed by atoms with van der Waals surface area (Å²) in [5.41, 5.74) is 2.53. The third-order valence-electron chi connectivity index (χ3n) is 5.98. The van der Waals surface area contributed by atoms with E-state index in [1.54, 1.807) is 48.7 Å². The molecule has 0 aliphatic heterocycles. The Morgan fingerprint density at radius 1 is 1.10 bits per heavy atom. The molecule has 0 aliphatic carbocycles. The number of rotatable bonds is 7. The molecule has 0 saturated carbocycles. The summed E-state index contributed by atoms with van der Waals surface area (Å²) in [6.45, 7) is 3.41. The van der Waals surface area contributed by atoms with Gasteiger partial charge in [0.25, 0.3) is 5.56 Å². The average Bonchev–Trinajstić information content (AvgIpc) is 3.48. The molecule has 1 amide bonds. The number of nitrogens with one attached hydrogen (secondary N) is 1. The lowest BCUT2D eigenvalue weighted by atomic mass is 10.0. The summed E-state index contributed by atoms with van der Waals surface area (Å²) in [5, 5.41) is 5.75. The Morgan fingerprint density at radius 2 is 1.79 bits per heavy atom. The van der Waals surface area contributed by atoms with Crippen molar-refractivity contribution in [1.82, 2.24) is 9.55 Å². The Labute approximate surface area is 235 Å². The van der Waals surface area contributed by atoms with E-state index in [-0.39, 0.29) is 24.5 Å². The average molecular weight is 582 g/mol. The van der Waals surface area contributed by atoms with Gasteiger partial charge in [-0.25, -0.2) is 14.2 Å². The highest BCUT2D eigenvalue weighted by Crippen LogP contribution is 2.37. The number of ether oxygens (including phenoxy) is 1. The number of anilines is 1. The number of carbonyl (C=O) groups is 2. The van der Waals surface area contributed by atoms with Crippen LogP contribution in [0.4, 0.5) is 9.39 Å². The Hall–Kier alpha value is -3.86. The van der Waals surface area contributed by atoms with Gasteiger partial charge in [0.05, 0.1) is 18.3 Å². The van der Waals surface area contributed by atoms with Crippen LogP contribution in [0, 0.1) is 12.7 Å². The van der Waals surface area contributed by atoms with E-state index < -0.39 is 17.4 Å². The van der Waals surface area contributed by atoms with Crippen LogP contribution in [0.1, 0.15) is 22.2 Å². The van der Waals surface area contributed by atoms with E-state index in [0.29, 0.717) is 36.9 Å². The highest BCUT2D eigenvalue weighted by Gasteiger charge is 2.24. The van der Waals surface area contributed by atoms with Crippen molar-refractivity contribution in [3.63, 3.8) is 0 Å². The number of carbonyl (C=O) groups excluding carboxylic acids is 2. The molecule has 7 nitrogen and oxygen atoms in total. The summed E-state index contributed by atoms with van der Waals surface area (Å²) in [4.78, 5) is 45.2. The fourth-order valence-electron chi connectivity index (χ4n) is 4.23. The molecule has 0 radical (unpaired) electrons. The lowest BCUT2D eigenvalue weighted by molar-refractivity contribution is -0.116. The second-order valence-corrected chi connectivity index (χ2v) is 11.0. The highest BCUT2D eigenvalue weighted by atomic mass is 35.5. The maximum absolute atomic E-state index is 13.5. The van der Waals surface area contributed by atoms with Crippen LogP contribution >= 0.6 is 34.3 Å². The molecule has 5 rings (SSSR count). The van der Waals surface area contributed by atoms with Gasteiger partial charge in [0.1, 0.15) is 27.8 Å². The van der Waals surface area contributed by atoms with Crippen LogP contribution in [0.25, 0.3) is 32.5 Å². The summed E-state index contributed by atoms with van der Waals surface area (Å²) >= 11 is 8.55. The van der Waals surface area contributed by atoms with Crippen LogP contribution in [0.3, 0.4) is 0 Å². The lowest BCUT2D eigenvalue weighted by Crippen LogP contribution is -2.28. The molecule has 198 valence electrons. The van der Waals surface area contributed by atoms with Gasteiger partial charge in [0.2, 0.25) is 5.91 Å². The van der Waals surface area contributed by atoms with Gasteiger partial charge in [-0.2, -0.15) is 0 Å². The third kappa shape index (κ3) is 5.36. The molecule has 0 spiro atoms. The molecule has 0 unspecified atom stereocenters. The smallest absolute Gasteiger partial charge is 0.341 e. The summed E-state index contributed by atoms with van der Waals surface area (Å²) < 4.78 is 20.0. The number of amides is 1. The van der Waals surface area contributed by atoms with Crippen molar-refractivity contribution in [2.24, 2.45) is 0 Å². The second-order valence-electron chi connectivity index (χ2n) is 8.53. The second kappa shape index (κ2) is 11.1. The molecule has 39 heavy (non-hydrogen) atoms. The van der Waals surface area contributed by atoms with Gasteiger partial charge in [-0.1, -0.05) is 35.9 Å². The SMILES string of the molecule is CCOC(=O)c1c(-c2ccc(Cl)cc2)csc1NC(=O)Cn1cnc2sc(C)c(-c3ccc(F)cc3)c2c1=O. The van der Waals surface area contributed by atoms with Crippen LogP contribution in [0.5, 0.6) is 0 Å². The van der Waals surface area contributed by atoms with Crippen molar-refractivity contribution in [3.8, 4) is 22.3 Å². The van der Waals surface area contributed by atoms with E-state index in [1.807, 2.05) is 6.92 Å². The van der Waals surface area contributed by atoms with Crippen LogP contribution in [-0.2, 0) is 16.1 Å². The number of hydrogen-bond acceptors (Lipinski definition) is 7. The number of nitrogens with zero attached hydrogens (tertiary/aromatic N) is 2. The molecule has 0 bridgehead atoms. The topological polar surface area (TPSA) is 90.3 Å². The summed E-state index contributed by atoms with van der Waals surface area (Å²) in [6, 6.07) is 12.9. The zero-order valence-corrected chi connectivity index (χ0v) is 23.2. The molecule has 3 aromatic heterocycles. The van der Waals surface area contributed by atoms with Crippen molar-refractivity contribution >= 4 is 61.4 Å². The first kappa shape index (κ1) is 26.7. The van der Waals surface area contributed by atoms with Gasteiger partial charge < -0.3 is 10.1 Å². The molecule has 0 aliphatic rings. The molecule has 1 N–H and O–H groups in total. The van der Waals surface area contributed by atoms with Crippen LogP contribution in [-0.4, -0.2) is 28.0 Å². The van der Waals surface area contributed by atoms with E-state index in [4.69, 9.17) is 16.3 Å². The van der Waals surface area contributed by atoms with E-state index >= 15 is 0 Å². The van der Waals surface area contributed by atoms with E-state index in [1.165, 1.54) is 45.7 Å². The normalized spacial score (nSPS) is 11.1. The van der Waals surface area contributed by atoms with E-state index in [9.17, 15) is 18.8 Å². The highest BCUT2D eigenvalue weighted by molar-refractivity contribution is 7.19. The molecule has 0 saturated heterocycles. The van der Waals surface area contributed by atoms with E-state index in [0.717, 1.165) is 10.4 Å². The van der Waals surface area contributed by atoms with Crippen molar-refractivity contribution in [2.45, 2.75) is 20.4 Å². The standard InChI is InChI=1S/C28H21ClFN3O4S2/c1-3-37-28(36)23-20(16-4-8-18(29)9-5-16)13-38-26(23)32-21(34)12-33-14-31-25-24(27(33)35)22(15(2)39-25)17-6-10-19(30)11-7-17/h4-11,13-14H,3,12H2,1-2H3,(H,32,34). The van der Waals surface area contributed by atoms with Gasteiger partial charge in [0, 0.05) is 26.4 Å². The molecule has 2 aromatic carbocycles. The number of halogens is 2. The van der Waals surface area contributed by atoms with Crippen molar-refractivity contribution in [2.75, 3.05) is 11.9 Å². The van der Waals surface area contributed by atoms with Crippen molar-refractivity contribution < 1.29 is 18.7 Å². The number of esters is 1. The van der Waals surface area contributed by atoms with Gasteiger partial charge >= 0.3 is 5.97 Å². The summed E-state index contributed by atoms with van der Waals surface area (Å²) in [5.74, 6) is -1.46. The first-order chi connectivity index (χ1) is 18.8. The summed E-state index contributed by atoms with van der Waals surface area (Å²) in [7, 11) is 0. The molecule has 0 atom stereocenters. The largest absolute Gasteiger partial charge is 0.462 e. The van der Waals surface area contributed by atoms with E-state index in [2.05, 4.69) is 10.3 Å². The Bertz CT molecular complexity index is 1760. The van der Waals surface area contributed by atoms with Crippen molar-refractivity contribution in [1.29, 1.82) is 0 Å². The fourth-order valence-corrected chi connectivity index (χ4v) is 6.34. The molecule has 0 fully saturated rings. The number of hydrogen-bond donors (Lipinski definition) is 1. The maximum Gasteiger partial charge on any atom is 0.341 e. The van der Waals surface area contributed by atoms with Crippen molar-refractivity contribution in [3.05, 3.63) is 91.9 Å². The predicted molar refractivity (Wildman–Crippen MR) is 153 cm³/mol. The predicted octanol–water partition coefficient (Wildman–Crippen LogP) is 6.77. The zero-order valence-electron chi connectivity index (χ0n) is 20.8. The Kier molecular flexibility index (Phi) is 7.60. The first-order valence-corrected chi connectivity index (χ1v) is 13.9. The maximum atomic E-state index is 13.5. The third-order valence-corrected chi connectivity index (χ3v) is 8.14. The van der Waals surface area contributed by atoms with Gasteiger partial charge in [0.15, 0.2) is 0 Å². The van der Waals surface area contributed by atoms with Crippen LogP contribution in [0.2, 0.25) is 5.02 Å². The minimum Gasteiger partial charge on any atom is -0.462 e. The Morgan fingerprint density at radius 3 is 2.49 bits per heavy atom. The fraction of sp³-hybridized carbons (Fsp3) is 0.143. The number of aromatic nitrogens is 2. The number of benzene rings is 2. The van der Waals surface area contributed by atoms with Gasteiger partial charge in [-0.3, -0.25) is 14.2 Å². The minimum absolute atomic E-state index is 0.166. The molecule has 11 heteroatoms. The quantitative estimate of drug-likeness (QED) is 0.214. The first-order valence-electron chi connectivity index (χ1n) is 11.9. The minimum atomic E-state index is -0.572. The lowest BCUT2D eigenvalue weighted by Gasteiger charge is -2.10. The van der Waals surface area contributed by atoms with Crippen LogP contribution in [0.15, 0.2) is 65.0 Å². The molecule has 5 aromatic rings. The monoisotopic (exact) mass is 581 g/mol. The van der Waals surface area contributed by atoms with Gasteiger partial charge in [-0.15, -0.1) is 22.7 Å².